The topological polar surface area (TPSA) is 112 Å². The summed E-state index contributed by atoms with van der Waals surface area (Å²) in [6.07, 6.45) is -4.17. The summed E-state index contributed by atoms with van der Waals surface area (Å²) in [7, 11) is 0. The molecule has 2 aromatic heterocycles. The Hall–Kier alpha value is -5.20. The fraction of sp³-hybridized carbons (Fsp3) is 0.194. The van der Waals surface area contributed by atoms with Crippen molar-refractivity contribution in [3.05, 3.63) is 123 Å². The fourth-order valence-electron chi connectivity index (χ4n) is 4.19. The normalized spacial score (nSPS) is 11.8. The van der Waals surface area contributed by atoms with Gasteiger partial charge in [-0.3, -0.25) is 4.79 Å². The molecule has 0 spiro atoms. The van der Waals surface area contributed by atoms with E-state index in [4.69, 9.17) is 4.74 Å². The second kappa shape index (κ2) is 13.8. The Labute approximate surface area is 248 Å². The monoisotopic (exact) mass is 613 g/mol. The number of amides is 1. The standard InChI is InChI=1S/C29H22F5N5O3.C2H6/c30-21-8-6-16(10-22(21)31)13-36-27(40)20-11-18(29(32,33)34)14-35-26(20)37-25(17-4-2-1-3-5-17)15-42-19-7-9-23-24(12-19)39-28(41)38-23;1-2/h1-12,14,25H,13,15H2,(H,35,37)(H,36,40)(H2,38,39,41);1-2H3. The number of pyridine rings is 1. The minimum Gasteiger partial charge on any atom is -0.491 e. The van der Waals surface area contributed by atoms with Crippen LogP contribution in [0.5, 0.6) is 5.75 Å². The smallest absolute Gasteiger partial charge is 0.417 e. The van der Waals surface area contributed by atoms with Crippen LogP contribution < -0.4 is 21.1 Å². The van der Waals surface area contributed by atoms with Crippen LogP contribution in [0.25, 0.3) is 11.0 Å². The van der Waals surface area contributed by atoms with Gasteiger partial charge in [0.25, 0.3) is 5.91 Å². The Morgan fingerprint density at radius 1 is 0.932 bits per heavy atom. The molecule has 0 saturated heterocycles. The molecular formula is C31H28F5N5O3. The van der Waals surface area contributed by atoms with Crippen LogP contribution in [0.1, 0.15) is 46.9 Å². The predicted octanol–water partition coefficient (Wildman–Crippen LogP) is 6.74. The first-order valence-electron chi connectivity index (χ1n) is 13.5. The number of alkyl halides is 3. The van der Waals surface area contributed by atoms with E-state index in [0.29, 0.717) is 34.6 Å². The van der Waals surface area contributed by atoms with Gasteiger partial charge in [-0.25, -0.2) is 18.6 Å². The van der Waals surface area contributed by atoms with Gasteiger partial charge in [0.2, 0.25) is 0 Å². The quantitative estimate of drug-likeness (QED) is 0.138. The summed E-state index contributed by atoms with van der Waals surface area (Å²) in [5.41, 5.74) is 0.0439. The van der Waals surface area contributed by atoms with Crippen molar-refractivity contribution in [3.8, 4) is 5.75 Å². The summed E-state index contributed by atoms with van der Waals surface area (Å²) in [5, 5.41) is 5.44. The predicted molar refractivity (Wildman–Crippen MR) is 155 cm³/mol. The zero-order valence-corrected chi connectivity index (χ0v) is 23.6. The molecule has 5 rings (SSSR count). The molecular weight excluding hydrogens is 585 g/mol. The van der Waals surface area contributed by atoms with E-state index in [1.807, 2.05) is 13.8 Å². The summed E-state index contributed by atoms with van der Waals surface area (Å²) in [5.74, 6) is -2.87. The van der Waals surface area contributed by atoms with Crippen LogP contribution in [0.15, 0.2) is 83.8 Å². The summed E-state index contributed by atoms with van der Waals surface area (Å²) < 4.78 is 73.4. The van der Waals surface area contributed by atoms with E-state index in [9.17, 15) is 31.5 Å². The van der Waals surface area contributed by atoms with Crippen LogP contribution in [0.2, 0.25) is 0 Å². The lowest BCUT2D eigenvalue weighted by atomic mass is 10.1. The molecule has 44 heavy (non-hydrogen) atoms. The van der Waals surface area contributed by atoms with Gasteiger partial charge in [-0.05, 0) is 41.5 Å². The van der Waals surface area contributed by atoms with Gasteiger partial charge in [-0.1, -0.05) is 50.2 Å². The molecule has 1 amide bonds. The number of anilines is 1. The first-order chi connectivity index (χ1) is 21.1. The lowest BCUT2D eigenvalue weighted by Crippen LogP contribution is -2.27. The van der Waals surface area contributed by atoms with Gasteiger partial charge in [0.05, 0.1) is 28.2 Å². The second-order valence-electron chi connectivity index (χ2n) is 9.25. The molecule has 0 radical (unpaired) electrons. The van der Waals surface area contributed by atoms with Crippen molar-refractivity contribution in [2.75, 3.05) is 11.9 Å². The van der Waals surface area contributed by atoms with Crippen molar-refractivity contribution >= 4 is 22.8 Å². The average Bonchev–Trinajstić information content (AvgIpc) is 3.40. The van der Waals surface area contributed by atoms with Gasteiger partial charge in [-0.2, -0.15) is 13.2 Å². The second-order valence-corrected chi connectivity index (χ2v) is 9.25. The Morgan fingerprint density at radius 2 is 1.66 bits per heavy atom. The van der Waals surface area contributed by atoms with E-state index in [2.05, 4.69) is 25.6 Å². The molecule has 230 valence electrons. The number of halogens is 5. The third-order valence-electron chi connectivity index (χ3n) is 6.31. The molecule has 3 aromatic carbocycles. The van der Waals surface area contributed by atoms with Crippen molar-refractivity contribution in [2.24, 2.45) is 0 Å². The molecule has 0 fully saturated rings. The number of aromatic nitrogens is 3. The number of benzene rings is 3. The van der Waals surface area contributed by atoms with E-state index in [1.165, 1.54) is 6.07 Å². The van der Waals surface area contributed by atoms with Crippen LogP contribution in [0.4, 0.5) is 27.8 Å². The molecule has 0 bridgehead atoms. The Bertz CT molecular complexity index is 1790. The molecule has 8 nitrogen and oxygen atoms in total. The minimum atomic E-state index is -4.78. The van der Waals surface area contributed by atoms with Gasteiger partial charge in [-0.15, -0.1) is 0 Å². The van der Waals surface area contributed by atoms with E-state index in [1.54, 1.807) is 48.5 Å². The molecule has 0 aliphatic heterocycles. The Kier molecular flexibility index (Phi) is 9.99. The molecule has 4 N–H and O–H groups in total. The van der Waals surface area contributed by atoms with Crippen LogP contribution in [0.3, 0.4) is 0 Å². The average molecular weight is 614 g/mol. The summed E-state index contributed by atoms with van der Waals surface area (Å²) in [6, 6.07) is 16.7. The van der Waals surface area contributed by atoms with Gasteiger partial charge in [0.1, 0.15) is 18.2 Å². The van der Waals surface area contributed by atoms with Gasteiger partial charge >= 0.3 is 11.9 Å². The lowest BCUT2D eigenvalue weighted by molar-refractivity contribution is -0.137. The molecule has 2 heterocycles. The highest BCUT2D eigenvalue weighted by atomic mass is 19.4. The zero-order valence-electron chi connectivity index (χ0n) is 23.6. The highest BCUT2D eigenvalue weighted by molar-refractivity contribution is 5.99. The molecule has 1 atom stereocenters. The number of carbonyl (C=O) groups excluding carboxylic acids is 1. The van der Waals surface area contributed by atoms with Crippen LogP contribution in [0, 0.1) is 11.6 Å². The number of imidazole rings is 1. The highest BCUT2D eigenvalue weighted by Crippen LogP contribution is 2.32. The van der Waals surface area contributed by atoms with Gasteiger partial charge < -0.3 is 25.3 Å². The number of aromatic amines is 2. The number of nitrogens with zero attached hydrogens (tertiary/aromatic N) is 1. The van der Waals surface area contributed by atoms with Crippen LogP contribution >= 0.6 is 0 Å². The largest absolute Gasteiger partial charge is 0.491 e. The van der Waals surface area contributed by atoms with Gasteiger partial charge in [0, 0.05) is 18.8 Å². The maximum atomic E-state index is 13.6. The number of rotatable bonds is 9. The number of hydrogen-bond acceptors (Lipinski definition) is 5. The highest BCUT2D eigenvalue weighted by Gasteiger charge is 2.33. The molecule has 0 aliphatic carbocycles. The van der Waals surface area contributed by atoms with Gasteiger partial charge in [0.15, 0.2) is 11.6 Å². The minimum absolute atomic E-state index is 0.0389. The van der Waals surface area contributed by atoms with Crippen LogP contribution in [-0.2, 0) is 12.7 Å². The van der Waals surface area contributed by atoms with E-state index in [0.717, 1.165) is 12.1 Å². The first kappa shape index (κ1) is 31.7. The Morgan fingerprint density at radius 3 is 2.36 bits per heavy atom. The maximum absolute atomic E-state index is 13.6. The molecule has 0 saturated carbocycles. The number of hydrogen-bond donors (Lipinski definition) is 4. The molecule has 5 aromatic rings. The number of nitrogens with one attached hydrogen (secondary N) is 4. The molecule has 13 heteroatoms. The van der Waals surface area contributed by atoms with E-state index >= 15 is 0 Å². The summed E-state index contributed by atoms with van der Waals surface area (Å²) in [4.78, 5) is 33.9. The van der Waals surface area contributed by atoms with Crippen molar-refractivity contribution < 1.29 is 31.5 Å². The maximum Gasteiger partial charge on any atom is 0.417 e. The molecule has 1 unspecified atom stereocenters. The van der Waals surface area contributed by atoms with Crippen molar-refractivity contribution in [2.45, 2.75) is 32.6 Å². The first-order valence-corrected chi connectivity index (χ1v) is 13.5. The number of fused-ring (bicyclic) bond motifs is 1. The number of ether oxygens (including phenoxy) is 1. The van der Waals surface area contributed by atoms with E-state index in [-0.39, 0.29) is 30.2 Å². The van der Waals surface area contributed by atoms with Crippen molar-refractivity contribution in [3.63, 3.8) is 0 Å². The Balaban J connectivity index is 0.00000216. The molecule has 0 aliphatic rings. The summed E-state index contributed by atoms with van der Waals surface area (Å²) >= 11 is 0. The number of H-pyrrole nitrogens is 2. The fourth-order valence-corrected chi connectivity index (χ4v) is 4.19. The lowest BCUT2D eigenvalue weighted by Gasteiger charge is -2.22. The van der Waals surface area contributed by atoms with Crippen LogP contribution in [-0.4, -0.2) is 27.5 Å². The third-order valence-corrected chi connectivity index (χ3v) is 6.31. The summed E-state index contributed by atoms with van der Waals surface area (Å²) in [6.45, 7) is 3.68. The third kappa shape index (κ3) is 7.79. The number of carbonyl (C=O) groups is 1. The SMILES string of the molecule is CC.O=C(NCc1ccc(F)c(F)c1)c1cc(C(F)(F)F)cnc1NC(COc1ccc2[nH]c(=O)[nH]c2c1)c1ccccc1. The zero-order chi connectivity index (χ0) is 31.9. The van der Waals surface area contributed by atoms with E-state index < -0.39 is 40.9 Å². The van der Waals surface area contributed by atoms with Crippen molar-refractivity contribution in [1.29, 1.82) is 0 Å². The van der Waals surface area contributed by atoms with Crippen molar-refractivity contribution in [1.82, 2.24) is 20.3 Å².